The van der Waals surface area contributed by atoms with Crippen molar-refractivity contribution in [1.29, 1.82) is 0 Å². The maximum atomic E-state index is 6.01. The number of fused-ring (bicyclic) bond motifs is 1. The van der Waals surface area contributed by atoms with E-state index in [1.165, 1.54) is 6.33 Å². The molecule has 0 N–H and O–H groups in total. The quantitative estimate of drug-likeness (QED) is 0.700. The van der Waals surface area contributed by atoms with E-state index in [4.69, 9.17) is 16.3 Å². The van der Waals surface area contributed by atoms with Gasteiger partial charge in [-0.1, -0.05) is 13.8 Å². The molecule has 0 atom stereocenters. The fraction of sp³-hybridized carbons (Fsp3) is 0.643. The van der Waals surface area contributed by atoms with Gasteiger partial charge in [-0.3, -0.25) is 0 Å². The Kier molecular flexibility index (Phi) is 5.76. The summed E-state index contributed by atoms with van der Waals surface area (Å²) in [6.45, 7) is 8.39. The third-order valence-electron chi connectivity index (χ3n) is 3.64. The van der Waals surface area contributed by atoms with Gasteiger partial charge in [0, 0.05) is 6.54 Å². The largest absolute Gasteiger partial charge is 0.479 e. The van der Waals surface area contributed by atoms with Gasteiger partial charge in [0.1, 0.15) is 12.2 Å². The van der Waals surface area contributed by atoms with E-state index in [0.717, 1.165) is 44.1 Å². The van der Waals surface area contributed by atoms with Crippen molar-refractivity contribution in [2.75, 3.05) is 26.7 Å². The zero-order valence-electron chi connectivity index (χ0n) is 12.8. The maximum absolute atomic E-state index is 6.01. The highest BCUT2D eigenvalue weighted by molar-refractivity contribution is 6.16. The van der Waals surface area contributed by atoms with E-state index in [9.17, 15) is 0 Å². The van der Waals surface area contributed by atoms with E-state index in [1.54, 1.807) is 7.11 Å². The second kappa shape index (κ2) is 7.56. The lowest BCUT2D eigenvalue weighted by molar-refractivity contribution is 0.293. The smallest absolute Gasteiger partial charge is 0.245 e. The lowest BCUT2D eigenvalue weighted by atomic mass is 10.3. The van der Waals surface area contributed by atoms with Gasteiger partial charge in [-0.15, -0.1) is 11.6 Å². The number of aromatic nitrogens is 4. The molecule has 0 unspecified atom stereocenters. The predicted molar refractivity (Wildman–Crippen MR) is 83.8 cm³/mol. The fourth-order valence-corrected chi connectivity index (χ4v) is 2.64. The van der Waals surface area contributed by atoms with Gasteiger partial charge in [0.2, 0.25) is 5.88 Å². The second-order valence-corrected chi connectivity index (χ2v) is 5.02. The number of alkyl halides is 1. The number of nitrogens with zero attached hydrogens (tertiary/aromatic N) is 5. The van der Waals surface area contributed by atoms with Crippen LogP contribution in [0.25, 0.3) is 11.2 Å². The molecule has 0 spiro atoms. The topological polar surface area (TPSA) is 56.1 Å². The van der Waals surface area contributed by atoms with Crippen molar-refractivity contribution in [1.82, 2.24) is 24.4 Å². The van der Waals surface area contributed by atoms with Crippen LogP contribution in [-0.4, -0.2) is 51.2 Å². The van der Waals surface area contributed by atoms with Crippen molar-refractivity contribution in [3.63, 3.8) is 0 Å². The van der Waals surface area contributed by atoms with Crippen LogP contribution in [-0.2, 0) is 12.4 Å². The highest BCUT2D eigenvalue weighted by atomic mass is 35.5. The molecule has 0 aliphatic carbocycles. The van der Waals surface area contributed by atoms with Crippen LogP contribution in [0.1, 0.15) is 26.1 Å². The van der Waals surface area contributed by atoms with Crippen molar-refractivity contribution >= 4 is 22.8 Å². The number of halogens is 1. The molecule has 6 nitrogen and oxygen atoms in total. The molecule has 0 aliphatic heterocycles. The molecule has 116 valence electrons. The van der Waals surface area contributed by atoms with Gasteiger partial charge in [0.15, 0.2) is 11.2 Å². The van der Waals surface area contributed by atoms with Gasteiger partial charge in [-0.2, -0.15) is 4.98 Å². The minimum absolute atomic E-state index is 0.352. The molecule has 0 saturated carbocycles. The number of imidazole rings is 1. The Morgan fingerprint density at radius 3 is 2.67 bits per heavy atom. The molecular weight excluding hydrogens is 290 g/mol. The minimum Gasteiger partial charge on any atom is -0.479 e. The van der Waals surface area contributed by atoms with Crippen LogP contribution in [0.15, 0.2) is 6.33 Å². The monoisotopic (exact) mass is 311 g/mol. The summed E-state index contributed by atoms with van der Waals surface area (Å²) in [5.41, 5.74) is 1.47. The summed E-state index contributed by atoms with van der Waals surface area (Å²) >= 11 is 6.01. The second-order valence-electron chi connectivity index (χ2n) is 4.75. The summed E-state index contributed by atoms with van der Waals surface area (Å²) in [5, 5.41) is 0. The summed E-state index contributed by atoms with van der Waals surface area (Å²) in [6, 6.07) is 0. The molecule has 2 aromatic heterocycles. The number of aryl methyl sites for hydroxylation is 1. The number of ether oxygens (including phenoxy) is 1. The zero-order chi connectivity index (χ0) is 15.2. The van der Waals surface area contributed by atoms with Gasteiger partial charge in [0.25, 0.3) is 0 Å². The molecule has 7 heteroatoms. The van der Waals surface area contributed by atoms with Crippen LogP contribution in [0.4, 0.5) is 0 Å². The van der Waals surface area contributed by atoms with Crippen LogP contribution in [0.5, 0.6) is 5.88 Å². The fourth-order valence-electron chi connectivity index (χ4n) is 2.44. The number of methoxy groups -OCH3 is 1. The van der Waals surface area contributed by atoms with Crippen molar-refractivity contribution in [3.8, 4) is 5.88 Å². The highest BCUT2D eigenvalue weighted by Gasteiger charge is 2.15. The zero-order valence-corrected chi connectivity index (χ0v) is 13.6. The first kappa shape index (κ1) is 16.0. The van der Waals surface area contributed by atoms with Gasteiger partial charge < -0.3 is 14.2 Å². The average molecular weight is 312 g/mol. The van der Waals surface area contributed by atoms with E-state index in [2.05, 4.69) is 38.3 Å². The molecule has 2 rings (SSSR count). The normalized spacial score (nSPS) is 11.5. The van der Waals surface area contributed by atoms with Crippen LogP contribution in [0.2, 0.25) is 0 Å². The molecule has 2 aromatic rings. The Morgan fingerprint density at radius 1 is 1.29 bits per heavy atom. The first-order valence-electron chi connectivity index (χ1n) is 7.27. The SMILES string of the molecule is CCN(CC)CCCn1c(CCl)nc2c(OC)ncnc21. The molecule has 2 heterocycles. The van der Waals surface area contributed by atoms with E-state index in [1.807, 2.05) is 0 Å². The van der Waals surface area contributed by atoms with Crippen LogP contribution in [0, 0.1) is 0 Å². The Labute approximate surface area is 130 Å². The summed E-state index contributed by atoms with van der Waals surface area (Å²) in [5.74, 6) is 1.66. The Bertz CT molecular complexity index is 582. The van der Waals surface area contributed by atoms with Gasteiger partial charge in [-0.25, -0.2) is 9.97 Å². The molecule has 0 radical (unpaired) electrons. The van der Waals surface area contributed by atoms with Crippen molar-refractivity contribution in [2.24, 2.45) is 0 Å². The summed E-state index contributed by atoms with van der Waals surface area (Å²) in [4.78, 5) is 15.3. The van der Waals surface area contributed by atoms with Gasteiger partial charge in [-0.05, 0) is 26.1 Å². The number of rotatable bonds is 8. The Morgan fingerprint density at radius 2 is 2.05 bits per heavy atom. The van der Waals surface area contributed by atoms with E-state index >= 15 is 0 Å². The Balaban J connectivity index is 2.22. The van der Waals surface area contributed by atoms with Crippen LogP contribution < -0.4 is 4.74 Å². The third-order valence-corrected chi connectivity index (χ3v) is 3.88. The molecule has 0 amide bonds. The standard InChI is InChI=1S/C14H22ClN5O/c1-4-19(5-2)7-6-8-20-11(9-15)18-12-13(20)16-10-17-14(12)21-3/h10H,4-9H2,1-3H3. The van der Waals surface area contributed by atoms with E-state index in [0.29, 0.717) is 17.3 Å². The molecule has 0 bridgehead atoms. The summed E-state index contributed by atoms with van der Waals surface area (Å²) < 4.78 is 7.31. The van der Waals surface area contributed by atoms with Gasteiger partial charge in [0.05, 0.1) is 13.0 Å². The van der Waals surface area contributed by atoms with Crippen LogP contribution in [0.3, 0.4) is 0 Å². The maximum Gasteiger partial charge on any atom is 0.245 e. The number of hydrogen-bond acceptors (Lipinski definition) is 5. The molecule has 0 aliphatic rings. The summed E-state index contributed by atoms with van der Waals surface area (Å²) in [6.07, 6.45) is 2.53. The van der Waals surface area contributed by atoms with Crippen LogP contribution >= 0.6 is 11.6 Å². The first-order valence-corrected chi connectivity index (χ1v) is 7.80. The third kappa shape index (κ3) is 3.44. The number of hydrogen-bond donors (Lipinski definition) is 0. The average Bonchev–Trinajstić information content (AvgIpc) is 2.89. The van der Waals surface area contributed by atoms with E-state index < -0.39 is 0 Å². The predicted octanol–water partition coefficient (Wildman–Crippen LogP) is 2.31. The van der Waals surface area contributed by atoms with Crippen molar-refractivity contribution in [3.05, 3.63) is 12.2 Å². The molecule has 0 saturated heterocycles. The summed E-state index contributed by atoms with van der Waals surface area (Å²) in [7, 11) is 1.58. The molecule has 21 heavy (non-hydrogen) atoms. The van der Waals surface area contributed by atoms with Crippen molar-refractivity contribution in [2.45, 2.75) is 32.7 Å². The molecular formula is C14H22ClN5O. The van der Waals surface area contributed by atoms with Gasteiger partial charge >= 0.3 is 0 Å². The lowest BCUT2D eigenvalue weighted by Crippen LogP contribution is -2.25. The first-order chi connectivity index (χ1) is 10.2. The van der Waals surface area contributed by atoms with E-state index in [-0.39, 0.29) is 0 Å². The Hall–Kier alpha value is -1.40. The molecule has 0 aromatic carbocycles. The minimum atomic E-state index is 0.352. The highest BCUT2D eigenvalue weighted by Crippen LogP contribution is 2.22. The lowest BCUT2D eigenvalue weighted by Gasteiger charge is -2.18. The van der Waals surface area contributed by atoms with Crippen molar-refractivity contribution < 1.29 is 4.74 Å². The molecule has 0 fully saturated rings.